The lowest BCUT2D eigenvalue weighted by atomic mass is 10.00. The van der Waals surface area contributed by atoms with E-state index in [0.717, 1.165) is 17.4 Å². The molecule has 0 aliphatic rings. The zero-order valence-corrected chi connectivity index (χ0v) is 26.4. The highest BCUT2D eigenvalue weighted by Crippen LogP contribution is 2.30. The number of ether oxygens (including phenoxy) is 1. The molecule has 0 spiro atoms. The zero-order chi connectivity index (χ0) is 30.9. The van der Waals surface area contributed by atoms with Crippen molar-refractivity contribution in [3.63, 3.8) is 0 Å². The van der Waals surface area contributed by atoms with E-state index >= 15 is 0 Å². The summed E-state index contributed by atoms with van der Waals surface area (Å²) in [4.78, 5) is 29.2. The monoisotopic (exact) mass is 613 g/mol. The number of amides is 2. The molecule has 0 bridgehead atoms. The van der Waals surface area contributed by atoms with Crippen molar-refractivity contribution in [3.05, 3.63) is 95.0 Å². The maximum atomic E-state index is 13.9. The molecule has 0 aliphatic carbocycles. The van der Waals surface area contributed by atoms with Crippen LogP contribution in [0, 0.1) is 0 Å². The summed E-state index contributed by atoms with van der Waals surface area (Å²) in [5.41, 5.74) is 1.70. The fourth-order valence-electron chi connectivity index (χ4n) is 4.60. The Hall–Kier alpha value is -3.56. The summed E-state index contributed by atoms with van der Waals surface area (Å²) in [6.45, 7) is 6.00. The predicted molar refractivity (Wildman–Crippen MR) is 168 cm³/mol. The number of hydrogen-bond donors (Lipinski definition) is 1. The molecule has 0 fully saturated rings. The summed E-state index contributed by atoms with van der Waals surface area (Å²) in [5.74, 6) is -0.0649. The van der Waals surface area contributed by atoms with Gasteiger partial charge in [0.1, 0.15) is 11.8 Å². The number of nitrogens with one attached hydrogen (secondary N) is 1. The fraction of sp³-hybridized carbons (Fsp3) is 0.375. The van der Waals surface area contributed by atoms with Gasteiger partial charge in [0.15, 0.2) is 0 Å². The zero-order valence-electron chi connectivity index (χ0n) is 24.8. The van der Waals surface area contributed by atoms with Gasteiger partial charge in [-0.2, -0.15) is 0 Å². The van der Waals surface area contributed by atoms with Gasteiger partial charge in [0, 0.05) is 31.5 Å². The van der Waals surface area contributed by atoms with Crippen molar-refractivity contribution in [2.45, 2.75) is 58.2 Å². The summed E-state index contributed by atoms with van der Waals surface area (Å²) in [5, 5.41) is 3.33. The standard InChI is InChI=1S/C32H40ClN3O5S/c1-32(2,3)34-31(38)28(21-24-13-8-6-9-14-24)35(23-25-15-10-7-11-16-25)30(37)17-12-20-36(42(5,39)40)26-18-19-29(41-4)27(33)22-26/h6-11,13-16,18-19,22,28H,12,17,20-21,23H2,1-5H3,(H,34,38)/t28-/m0/s1. The SMILES string of the molecule is COc1ccc(N(CCCC(=O)N(Cc2ccccc2)[C@@H](Cc2ccccc2)C(=O)NC(C)(C)C)S(C)(=O)=O)cc1Cl. The minimum Gasteiger partial charge on any atom is -0.495 e. The summed E-state index contributed by atoms with van der Waals surface area (Å²) in [6.07, 6.45) is 1.72. The Kier molecular flexibility index (Phi) is 11.4. The van der Waals surface area contributed by atoms with Crippen LogP contribution in [0.1, 0.15) is 44.7 Å². The predicted octanol–water partition coefficient (Wildman–Crippen LogP) is 5.45. The van der Waals surface area contributed by atoms with E-state index < -0.39 is 21.6 Å². The van der Waals surface area contributed by atoms with Crippen molar-refractivity contribution < 1.29 is 22.7 Å². The van der Waals surface area contributed by atoms with Crippen LogP contribution in [-0.2, 0) is 32.6 Å². The quantitative estimate of drug-likeness (QED) is 0.277. The number of carbonyl (C=O) groups excluding carboxylic acids is 2. The van der Waals surface area contributed by atoms with Gasteiger partial charge in [-0.1, -0.05) is 72.3 Å². The average molecular weight is 614 g/mol. The third-order valence-corrected chi connectivity index (χ3v) is 8.03. The minimum absolute atomic E-state index is 0.0385. The molecule has 3 aromatic rings. The van der Waals surface area contributed by atoms with Crippen LogP contribution in [0.4, 0.5) is 5.69 Å². The number of sulfonamides is 1. The number of nitrogens with zero attached hydrogens (tertiary/aromatic N) is 2. The first-order valence-electron chi connectivity index (χ1n) is 13.8. The number of anilines is 1. The Morgan fingerprint density at radius 2 is 1.55 bits per heavy atom. The van der Waals surface area contributed by atoms with E-state index in [0.29, 0.717) is 17.9 Å². The summed E-state index contributed by atoms with van der Waals surface area (Å²) in [7, 11) is -2.19. The second-order valence-electron chi connectivity index (χ2n) is 11.2. The van der Waals surface area contributed by atoms with Gasteiger partial charge in [-0.3, -0.25) is 13.9 Å². The van der Waals surface area contributed by atoms with Gasteiger partial charge in [0.2, 0.25) is 21.8 Å². The van der Waals surface area contributed by atoms with Crippen LogP contribution < -0.4 is 14.4 Å². The Morgan fingerprint density at radius 1 is 0.952 bits per heavy atom. The molecular formula is C32H40ClN3O5S. The molecule has 42 heavy (non-hydrogen) atoms. The van der Waals surface area contributed by atoms with Gasteiger partial charge in [-0.25, -0.2) is 8.42 Å². The molecular weight excluding hydrogens is 574 g/mol. The third kappa shape index (κ3) is 9.77. The van der Waals surface area contributed by atoms with Crippen LogP contribution in [0.15, 0.2) is 78.9 Å². The number of methoxy groups -OCH3 is 1. The molecule has 1 atom stereocenters. The molecule has 8 nitrogen and oxygen atoms in total. The van der Waals surface area contributed by atoms with Gasteiger partial charge in [-0.05, 0) is 56.5 Å². The van der Waals surface area contributed by atoms with Gasteiger partial charge in [0.05, 0.1) is 24.1 Å². The summed E-state index contributed by atoms with van der Waals surface area (Å²) >= 11 is 6.26. The van der Waals surface area contributed by atoms with Gasteiger partial charge in [-0.15, -0.1) is 0 Å². The average Bonchev–Trinajstić information content (AvgIpc) is 2.92. The molecule has 0 aromatic heterocycles. The molecule has 0 aliphatic heterocycles. The molecule has 3 aromatic carbocycles. The molecule has 0 radical (unpaired) electrons. The molecule has 0 saturated carbocycles. The molecule has 0 unspecified atom stereocenters. The second kappa shape index (κ2) is 14.6. The molecule has 0 heterocycles. The smallest absolute Gasteiger partial charge is 0.243 e. The maximum absolute atomic E-state index is 13.9. The van der Waals surface area contributed by atoms with E-state index in [1.165, 1.54) is 17.5 Å². The maximum Gasteiger partial charge on any atom is 0.243 e. The van der Waals surface area contributed by atoms with Crippen molar-refractivity contribution in [1.82, 2.24) is 10.2 Å². The lowest BCUT2D eigenvalue weighted by Gasteiger charge is -2.34. The van der Waals surface area contributed by atoms with Crippen LogP contribution in [0.3, 0.4) is 0 Å². The summed E-state index contributed by atoms with van der Waals surface area (Å²) in [6, 6.07) is 23.1. The van der Waals surface area contributed by atoms with Gasteiger partial charge >= 0.3 is 0 Å². The van der Waals surface area contributed by atoms with Crippen molar-refractivity contribution in [1.29, 1.82) is 0 Å². The molecule has 226 valence electrons. The largest absolute Gasteiger partial charge is 0.495 e. The Labute approximate surface area is 254 Å². The lowest BCUT2D eigenvalue weighted by Crippen LogP contribution is -2.54. The van der Waals surface area contributed by atoms with E-state index in [1.54, 1.807) is 17.0 Å². The highest BCUT2D eigenvalue weighted by molar-refractivity contribution is 7.92. The number of hydrogen-bond acceptors (Lipinski definition) is 5. The van der Waals surface area contributed by atoms with Crippen molar-refractivity contribution >= 4 is 39.1 Å². The molecule has 0 saturated heterocycles. The highest BCUT2D eigenvalue weighted by atomic mass is 35.5. The molecule has 1 N–H and O–H groups in total. The summed E-state index contributed by atoms with van der Waals surface area (Å²) < 4.78 is 31.8. The van der Waals surface area contributed by atoms with E-state index in [4.69, 9.17) is 16.3 Å². The van der Waals surface area contributed by atoms with E-state index in [2.05, 4.69) is 5.32 Å². The first-order valence-corrected chi connectivity index (χ1v) is 16.0. The van der Waals surface area contributed by atoms with E-state index in [-0.39, 0.29) is 42.8 Å². The van der Waals surface area contributed by atoms with E-state index in [1.807, 2.05) is 81.4 Å². The fourth-order valence-corrected chi connectivity index (χ4v) is 5.81. The Morgan fingerprint density at radius 3 is 2.07 bits per heavy atom. The van der Waals surface area contributed by atoms with Crippen molar-refractivity contribution in [2.24, 2.45) is 0 Å². The highest BCUT2D eigenvalue weighted by Gasteiger charge is 2.32. The van der Waals surface area contributed by atoms with Crippen LogP contribution in [-0.4, -0.2) is 56.6 Å². The van der Waals surface area contributed by atoms with Crippen molar-refractivity contribution in [2.75, 3.05) is 24.2 Å². The number of rotatable bonds is 13. The van der Waals surface area contributed by atoms with E-state index in [9.17, 15) is 18.0 Å². The van der Waals surface area contributed by atoms with Crippen LogP contribution in [0.5, 0.6) is 5.75 Å². The minimum atomic E-state index is -3.67. The molecule has 3 rings (SSSR count). The van der Waals surface area contributed by atoms with Crippen molar-refractivity contribution in [3.8, 4) is 5.75 Å². The first kappa shape index (κ1) is 32.9. The normalized spacial score (nSPS) is 12.3. The van der Waals surface area contributed by atoms with Crippen LogP contribution in [0.2, 0.25) is 5.02 Å². The first-order chi connectivity index (χ1) is 19.8. The number of halogens is 1. The van der Waals surface area contributed by atoms with Crippen LogP contribution >= 0.6 is 11.6 Å². The van der Waals surface area contributed by atoms with Gasteiger partial charge in [0.25, 0.3) is 0 Å². The molecule has 2 amide bonds. The number of carbonyl (C=O) groups is 2. The van der Waals surface area contributed by atoms with Crippen LogP contribution in [0.25, 0.3) is 0 Å². The third-order valence-electron chi connectivity index (χ3n) is 6.54. The molecule has 10 heteroatoms. The van der Waals surface area contributed by atoms with Gasteiger partial charge < -0.3 is 15.0 Å². The Bertz CT molecular complexity index is 1440. The second-order valence-corrected chi connectivity index (χ2v) is 13.5. The Balaban J connectivity index is 1.88. The topological polar surface area (TPSA) is 96.0 Å². The lowest BCUT2D eigenvalue weighted by molar-refractivity contribution is -0.142. The number of benzene rings is 3.